The number of para-hydroxylation sites is 1. The molecule has 114 valence electrons. The first-order valence-corrected chi connectivity index (χ1v) is 7.14. The minimum Gasteiger partial charge on any atom is -0.493 e. The Labute approximate surface area is 123 Å². The first kappa shape index (κ1) is 15.2. The Kier molecular flexibility index (Phi) is 5.43. The number of amides is 2. The van der Waals surface area contributed by atoms with Crippen molar-refractivity contribution in [3.63, 3.8) is 0 Å². The number of carboxylic acids is 1. The van der Waals surface area contributed by atoms with Crippen LogP contribution in [0.15, 0.2) is 24.3 Å². The van der Waals surface area contributed by atoms with Crippen molar-refractivity contribution >= 4 is 12.0 Å². The van der Waals surface area contributed by atoms with Gasteiger partial charge in [-0.25, -0.2) is 4.79 Å². The Morgan fingerprint density at radius 3 is 2.95 bits per heavy atom. The zero-order chi connectivity index (χ0) is 15.1. The number of carbonyl (C=O) groups is 2. The van der Waals surface area contributed by atoms with Gasteiger partial charge in [0.05, 0.1) is 12.6 Å². The van der Waals surface area contributed by atoms with E-state index in [9.17, 15) is 9.59 Å². The molecule has 0 fully saturated rings. The summed E-state index contributed by atoms with van der Waals surface area (Å²) in [7, 11) is 0. The van der Waals surface area contributed by atoms with Gasteiger partial charge in [0, 0.05) is 18.5 Å². The highest BCUT2D eigenvalue weighted by Crippen LogP contribution is 2.30. The summed E-state index contributed by atoms with van der Waals surface area (Å²) in [4.78, 5) is 22.3. The topological polar surface area (TPSA) is 87.7 Å². The molecule has 0 aliphatic carbocycles. The summed E-state index contributed by atoms with van der Waals surface area (Å²) in [6, 6.07) is 7.33. The number of ether oxygens (including phenoxy) is 1. The van der Waals surface area contributed by atoms with E-state index in [2.05, 4.69) is 10.6 Å². The van der Waals surface area contributed by atoms with Gasteiger partial charge in [-0.2, -0.15) is 0 Å². The Hall–Kier alpha value is -2.24. The molecule has 2 amide bonds. The van der Waals surface area contributed by atoms with E-state index in [4.69, 9.17) is 9.84 Å². The molecule has 1 atom stereocenters. The predicted molar refractivity (Wildman–Crippen MR) is 77.3 cm³/mol. The van der Waals surface area contributed by atoms with Gasteiger partial charge in [0.15, 0.2) is 0 Å². The lowest BCUT2D eigenvalue weighted by Crippen LogP contribution is -2.38. The van der Waals surface area contributed by atoms with Gasteiger partial charge in [0.2, 0.25) is 0 Å². The smallest absolute Gasteiger partial charge is 0.315 e. The van der Waals surface area contributed by atoms with Gasteiger partial charge in [-0.1, -0.05) is 18.2 Å². The van der Waals surface area contributed by atoms with Crippen LogP contribution in [0.2, 0.25) is 0 Å². The summed E-state index contributed by atoms with van der Waals surface area (Å²) in [5, 5.41) is 14.1. The lowest BCUT2D eigenvalue weighted by molar-refractivity contribution is -0.137. The van der Waals surface area contributed by atoms with E-state index >= 15 is 0 Å². The van der Waals surface area contributed by atoms with Gasteiger partial charge in [-0.05, 0) is 25.3 Å². The fourth-order valence-corrected chi connectivity index (χ4v) is 2.33. The number of carboxylic acid groups (broad SMARTS) is 1. The van der Waals surface area contributed by atoms with Crippen molar-refractivity contribution in [2.24, 2.45) is 0 Å². The van der Waals surface area contributed by atoms with E-state index < -0.39 is 5.97 Å². The molecule has 3 N–H and O–H groups in total. The number of aliphatic carboxylic acids is 1. The van der Waals surface area contributed by atoms with Gasteiger partial charge in [0.25, 0.3) is 0 Å². The molecule has 0 bridgehead atoms. The van der Waals surface area contributed by atoms with Crippen LogP contribution in [0.1, 0.15) is 37.3 Å². The van der Waals surface area contributed by atoms with Gasteiger partial charge < -0.3 is 20.5 Å². The van der Waals surface area contributed by atoms with Crippen LogP contribution in [0.4, 0.5) is 4.79 Å². The zero-order valence-corrected chi connectivity index (χ0v) is 11.8. The van der Waals surface area contributed by atoms with Crippen LogP contribution in [0.3, 0.4) is 0 Å². The number of nitrogens with one attached hydrogen (secondary N) is 2. The monoisotopic (exact) mass is 292 g/mol. The lowest BCUT2D eigenvalue weighted by Gasteiger charge is -2.18. The predicted octanol–water partition coefficient (Wildman–Crippen LogP) is 2.06. The second-order valence-corrected chi connectivity index (χ2v) is 4.98. The molecule has 1 aromatic rings. The number of urea groups is 1. The minimum atomic E-state index is -0.855. The highest BCUT2D eigenvalue weighted by Gasteiger charge is 2.20. The van der Waals surface area contributed by atoms with E-state index in [0.717, 1.165) is 24.2 Å². The summed E-state index contributed by atoms with van der Waals surface area (Å²) in [5.41, 5.74) is 0.982. The van der Waals surface area contributed by atoms with Gasteiger partial charge in [-0.15, -0.1) is 0 Å². The molecule has 0 radical (unpaired) electrons. The first-order chi connectivity index (χ1) is 10.2. The van der Waals surface area contributed by atoms with E-state index in [1.807, 2.05) is 24.3 Å². The standard InChI is InChI=1S/C15H20N2O4/c18-14(19)8-3-9-16-15(20)17-12-6-4-10-21-13-7-2-1-5-11(12)13/h1-2,5,7,12H,3-4,6,8-10H2,(H,18,19)(H2,16,17,20). The maximum Gasteiger partial charge on any atom is 0.315 e. The van der Waals surface area contributed by atoms with Crippen LogP contribution in [0.5, 0.6) is 5.75 Å². The Morgan fingerprint density at radius 1 is 1.33 bits per heavy atom. The van der Waals surface area contributed by atoms with Gasteiger partial charge >= 0.3 is 12.0 Å². The van der Waals surface area contributed by atoms with E-state index in [1.165, 1.54) is 0 Å². The van der Waals surface area contributed by atoms with Crippen molar-refractivity contribution in [2.75, 3.05) is 13.2 Å². The second-order valence-electron chi connectivity index (χ2n) is 4.98. The van der Waals surface area contributed by atoms with Crippen molar-refractivity contribution in [1.82, 2.24) is 10.6 Å². The molecular formula is C15H20N2O4. The summed E-state index contributed by atoms with van der Waals surface area (Å²) in [6.07, 6.45) is 2.17. The summed E-state index contributed by atoms with van der Waals surface area (Å²) in [5.74, 6) is -0.0433. The first-order valence-electron chi connectivity index (χ1n) is 7.14. The third-order valence-corrected chi connectivity index (χ3v) is 3.35. The molecular weight excluding hydrogens is 272 g/mol. The van der Waals surface area contributed by atoms with Crippen molar-refractivity contribution < 1.29 is 19.4 Å². The van der Waals surface area contributed by atoms with E-state index in [-0.39, 0.29) is 18.5 Å². The zero-order valence-electron chi connectivity index (χ0n) is 11.8. The number of carbonyl (C=O) groups excluding carboxylic acids is 1. The fourth-order valence-electron chi connectivity index (χ4n) is 2.33. The Balaban J connectivity index is 1.87. The van der Waals surface area contributed by atoms with Gasteiger partial charge in [0.1, 0.15) is 5.75 Å². The maximum absolute atomic E-state index is 11.9. The number of rotatable bonds is 5. The molecule has 6 nitrogen and oxygen atoms in total. The summed E-state index contributed by atoms with van der Waals surface area (Å²) in [6.45, 7) is 0.998. The molecule has 0 saturated heterocycles. The van der Waals surface area contributed by atoms with Crippen LogP contribution in [0, 0.1) is 0 Å². The number of hydrogen-bond acceptors (Lipinski definition) is 3. The molecule has 1 aliphatic rings. The van der Waals surface area contributed by atoms with Gasteiger partial charge in [-0.3, -0.25) is 4.79 Å². The molecule has 1 heterocycles. The second kappa shape index (κ2) is 7.52. The molecule has 0 aromatic heterocycles. The average molecular weight is 292 g/mol. The van der Waals surface area contributed by atoms with E-state index in [1.54, 1.807) is 0 Å². The molecule has 1 unspecified atom stereocenters. The highest BCUT2D eigenvalue weighted by atomic mass is 16.5. The van der Waals surface area contributed by atoms with Crippen molar-refractivity contribution in [2.45, 2.75) is 31.7 Å². The maximum atomic E-state index is 11.9. The number of hydrogen-bond donors (Lipinski definition) is 3. The highest BCUT2D eigenvalue weighted by molar-refractivity contribution is 5.74. The molecule has 21 heavy (non-hydrogen) atoms. The summed E-state index contributed by atoms with van der Waals surface area (Å²) >= 11 is 0. The van der Waals surface area contributed by atoms with Crippen molar-refractivity contribution in [3.05, 3.63) is 29.8 Å². The minimum absolute atomic E-state index is 0.0559. The van der Waals surface area contributed by atoms with Crippen LogP contribution < -0.4 is 15.4 Å². The van der Waals surface area contributed by atoms with E-state index in [0.29, 0.717) is 19.6 Å². The number of benzene rings is 1. The van der Waals surface area contributed by atoms with Crippen LogP contribution in [-0.4, -0.2) is 30.3 Å². The normalized spacial score (nSPS) is 17.0. The molecule has 2 rings (SSSR count). The fraction of sp³-hybridized carbons (Fsp3) is 0.467. The molecule has 6 heteroatoms. The van der Waals surface area contributed by atoms with Crippen LogP contribution in [-0.2, 0) is 4.79 Å². The Morgan fingerprint density at radius 2 is 2.14 bits per heavy atom. The third-order valence-electron chi connectivity index (χ3n) is 3.35. The van der Waals surface area contributed by atoms with Crippen LogP contribution >= 0.6 is 0 Å². The third kappa shape index (κ3) is 4.66. The van der Waals surface area contributed by atoms with Crippen molar-refractivity contribution in [3.8, 4) is 5.75 Å². The summed E-state index contributed by atoms with van der Waals surface area (Å²) < 4.78 is 5.65. The SMILES string of the molecule is O=C(O)CCCNC(=O)NC1CCCOc2ccccc21. The average Bonchev–Trinajstić information content (AvgIpc) is 2.66. The molecule has 1 aliphatic heterocycles. The lowest BCUT2D eigenvalue weighted by atomic mass is 10.0. The molecule has 0 spiro atoms. The number of fused-ring (bicyclic) bond motifs is 1. The van der Waals surface area contributed by atoms with Crippen molar-refractivity contribution in [1.29, 1.82) is 0 Å². The quantitative estimate of drug-likeness (QED) is 0.725. The molecule has 1 aromatic carbocycles. The Bertz CT molecular complexity index is 504. The molecule has 0 saturated carbocycles. The largest absolute Gasteiger partial charge is 0.493 e. The van der Waals surface area contributed by atoms with Crippen LogP contribution in [0.25, 0.3) is 0 Å².